The van der Waals surface area contributed by atoms with E-state index >= 15 is 0 Å². The Kier molecular flexibility index (Phi) is 2.46. The van der Waals surface area contributed by atoms with Crippen molar-refractivity contribution in [2.45, 2.75) is 4.90 Å². The van der Waals surface area contributed by atoms with Crippen LogP contribution in [0.15, 0.2) is 41.7 Å². The third-order valence-electron chi connectivity index (χ3n) is 2.69. The van der Waals surface area contributed by atoms with Crippen LogP contribution in [0.4, 0.5) is 11.6 Å². The zero-order valence-corrected chi connectivity index (χ0v) is 10.5. The van der Waals surface area contributed by atoms with Crippen LogP contribution in [0.2, 0.25) is 0 Å². The molecule has 0 atom stereocenters. The third kappa shape index (κ3) is 2.02. The first-order valence-electron chi connectivity index (χ1n) is 5.45. The van der Waals surface area contributed by atoms with Gasteiger partial charge in [0.2, 0.25) is 5.95 Å². The Labute approximate surface area is 108 Å². The van der Waals surface area contributed by atoms with Gasteiger partial charge in [0.05, 0.1) is 0 Å². The predicted molar refractivity (Wildman–Crippen MR) is 72.1 cm³/mol. The second-order valence-corrected chi connectivity index (χ2v) is 5.65. The zero-order chi connectivity index (χ0) is 13.5. The number of benzene rings is 1. The van der Waals surface area contributed by atoms with Gasteiger partial charge in [-0.15, -0.1) is 0 Å². The quantitative estimate of drug-likeness (QED) is 0.539. The van der Waals surface area contributed by atoms with Crippen LogP contribution >= 0.6 is 0 Å². The summed E-state index contributed by atoms with van der Waals surface area (Å²) >= 11 is 0. The van der Waals surface area contributed by atoms with E-state index in [9.17, 15) is 8.42 Å². The summed E-state index contributed by atoms with van der Waals surface area (Å²) in [6.45, 7) is 0. The van der Waals surface area contributed by atoms with Crippen LogP contribution in [0.1, 0.15) is 0 Å². The lowest BCUT2D eigenvalue weighted by Gasteiger charge is -2.03. The molecule has 98 valence electrons. The van der Waals surface area contributed by atoms with Gasteiger partial charge in [-0.05, 0) is 18.2 Å². The van der Waals surface area contributed by atoms with E-state index in [0.29, 0.717) is 16.6 Å². The van der Waals surface area contributed by atoms with Crippen LogP contribution in [0.25, 0.3) is 10.9 Å². The van der Waals surface area contributed by atoms with Crippen molar-refractivity contribution in [3.05, 3.63) is 36.8 Å². The van der Waals surface area contributed by atoms with Gasteiger partial charge < -0.3 is 15.7 Å². The summed E-state index contributed by atoms with van der Waals surface area (Å²) in [4.78, 5) is 9.55. The smallest absolute Gasteiger partial charge is 0.266 e. The highest BCUT2D eigenvalue weighted by Crippen LogP contribution is 2.25. The van der Waals surface area contributed by atoms with Crippen molar-refractivity contribution in [3.63, 3.8) is 0 Å². The Bertz CT molecular complexity index is 820. The molecule has 3 aromatic rings. The van der Waals surface area contributed by atoms with Gasteiger partial charge in [-0.25, -0.2) is 18.1 Å². The van der Waals surface area contributed by atoms with Crippen molar-refractivity contribution in [1.29, 1.82) is 0 Å². The number of nitrogens with zero attached hydrogens (tertiary/aromatic N) is 1. The molecule has 8 heteroatoms. The van der Waals surface area contributed by atoms with Crippen LogP contribution in [-0.4, -0.2) is 23.4 Å². The van der Waals surface area contributed by atoms with Crippen molar-refractivity contribution >= 4 is 32.6 Å². The number of nitrogens with one attached hydrogen (secondary N) is 3. The number of sulfonamides is 1. The van der Waals surface area contributed by atoms with Crippen molar-refractivity contribution in [2.24, 2.45) is 0 Å². The maximum atomic E-state index is 12.2. The summed E-state index contributed by atoms with van der Waals surface area (Å²) in [7, 11) is -3.70. The molecule has 3 rings (SSSR count). The number of H-pyrrole nitrogens is 2. The maximum Gasteiger partial charge on any atom is 0.266 e. The number of hydrogen-bond donors (Lipinski definition) is 4. The van der Waals surface area contributed by atoms with Crippen LogP contribution in [0, 0.1) is 0 Å². The molecule has 0 unspecified atom stereocenters. The van der Waals surface area contributed by atoms with Crippen molar-refractivity contribution in [2.75, 3.05) is 10.5 Å². The van der Waals surface area contributed by atoms with Gasteiger partial charge in [0.15, 0.2) is 0 Å². The molecule has 0 fully saturated rings. The number of imidazole rings is 1. The molecule has 5 N–H and O–H groups in total. The number of rotatable bonds is 3. The number of hydrogen-bond acceptors (Lipinski definition) is 4. The Hall–Kier alpha value is -2.48. The Morgan fingerprint density at radius 2 is 2.11 bits per heavy atom. The Balaban J connectivity index is 2.08. The highest BCUT2D eigenvalue weighted by Gasteiger charge is 2.19. The highest BCUT2D eigenvalue weighted by atomic mass is 32.2. The monoisotopic (exact) mass is 277 g/mol. The number of aromatic nitrogens is 3. The molecule has 2 heterocycles. The van der Waals surface area contributed by atoms with Gasteiger partial charge >= 0.3 is 0 Å². The standard InChI is InChI=1S/C11H11N5O2S/c12-7-1-2-8-9(5-7)15-6-10(8)19(17,18)16-11-13-3-4-14-11/h1-6,15H,12H2,(H2,13,14,16). The Morgan fingerprint density at radius 1 is 1.26 bits per heavy atom. The average molecular weight is 277 g/mol. The molecular formula is C11H11N5O2S. The van der Waals surface area contributed by atoms with Crippen molar-refractivity contribution in [1.82, 2.24) is 15.0 Å². The molecule has 0 aliphatic carbocycles. The van der Waals surface area contributed by atoms with Gasteiger partial charge in [0.25, 0.3) is 10.0 Å². The van der Waals surface area contributed by atoms with Crippen LogP contribution < -0.4 is 10.5 Å². The third-order valence-corrected chi connectivity index (χ3v) is 4.07. The molecule has 1 aromatic carbocycles. The number of aromatic amines is 2. The zero-order valence-electron chi connectivity index (χ0n) is 9.71. The normalized spacial score (nSPS) is 11.8. The van der Waals surface area contributed by atoms with E-state index in [2.05, 4.69) is 19.7 Å². The number of nitrogen functional groups attached to an aromatic ring is 1. The maximum absolute atomic E-state index is 12.2. The molecule has 19 heavy (non-hydrogen) atoms. The molecule has 0 saturated heterocycles. The minimum Gasteiger partial charge on any atom is -0.399 e. The lowest BCUT2D eigenvalue weighted by Crippen LogP contribution is -2.13. The average Bonchev–Trinajstić information content (AvgIpc) is 2.96. The van der Waals surface area contributed by atoms with E-state index in [0.717, 1.165) is 0 Å². The van der Waals surface area contributed by atoms with Crippen LogP contribution in [0.3, 0.4) is 0 Å². The molecule has 0 amide bonds. The van der Waals surface area contributed by atoms with E-state index in [4.69, 9.17) is 5.73 Å². The minimum atomic E-state index is -3.70. The summed E-state index contributed by atoms with van der Waals surface area (Å²) in [5.74, 6) is 0.171. The Morgan fingerprint density at radius 3 is 2.84 bits per heavy atom. The van der Waals surface area contributed by atoms with E-state index < -0.39 is 10.0 Å². The van der Waals surface area contributed by atoms with E-state index in [1.165, 1.54) is 18.6 Å². The van der Waals surface area contributed by atoms with E-state index in [1.54, 1.807) is 18.2 Å². The molecule has 0 aliphatic heterocycles. The summed E-state index contributed by atoms with van der Waals surface area (Å²) in [5.41, 5.74) is 6.89. The second-order valence-electron chi connectivity index (χ2n) is 4.00. The van der Waals surface area contributed by atoms with Crippen LogP contribution in [0.5, 0.6) is 0 Å². The lowest BCUT2D eigenvalue weighted by atomic mass is 10.2. The minimum absolute atomic E-state index is 0.152. The molecule has 0 saturated carbocycles. The SMILES string of the molecule is Nc1ccc2c(S(=O)(=O)Nc3ncc[nH]3)c[nH]c2c1. The second kappa shape index (κ2) is 4.02. The molecule has 7 nitrogen and oxygen atoms in total. The van der Waals surface area contributed by atoms with Gasteiger partial charge in [-0.1, -0.05) is 0 Å². The highest BCUT2D eigenvalue weighted by molar-refractivity contribution is 7.93. The first kappa shape index (κ1) is 11.6. The van der Waals surface area contributed by atoms with Gasteiger partial charge in [-0.2, -0.15) is 0 Å². The molecular weight excluding hydrogens is 266 g/mol. The molecule has 0 bridgehead atoms. The fourth-order valence-corrected chi connectivity index (χ4v) is 3.00. The first-order chi connectivity index (χ1) is 9.06. The summed E-state index contributed by atoms with van der Waals surface area (Å²) in [6.07, 6.45) is 4.43. The predicted octanol–water partition coefficient (Wildman–Crippen LogP) is 1.27. The molecule has 0 radical (unpaired) electrons. The van der Waals surface area contributed by atoms with Crippen molar-refractivity contribution in [3.8, 4) is 0 Å². The van der Waals surface area contributed by atoms with Crippen molar-refractivity contribution < 1.29 is 8.42 Å². The van der Waals surface area contributed by atoms with Gasteiger partial charge in [-0.3, -0.25) is 0 Å². The fourth-order valence-electron chi connectivity index (χ4n) is 1.84. The lowest BCUT2D eigenvalue weighted by molar-refractivity contribution is 0.601. The summed E-state index contributed by atoms with van der Waals surface area (Å²) in [6, 6.07) is 5.00. The van der Waals surface area contributed by atoms with E-state index in [-0.39, 0.29) is 10.8 Å². The summed E-state index contributed by atoms with van der Waals surface area (Å²) in [5, 5.41) is 0.577. The number of fused-ring (bicyclic) bond motifs is 1. The molecule has 0 spiro atoms. The van der Waals surface area contributed by atoms with Gasteiger partial charge in [0.1, 0.15) is 4.90 Å². The first-order valence-corrected chi connectivity index (χ1v) is 6.93. The number of anilines is 2. The van der Waals surface area contributed by atoms with E-state index in [1.807, 2.05) is 0 Å². The summed E-state index contributed by atoms with van der Waals surface area (Å²) < 4.78 is 26.8. The molecule has 2 aromatic heterocycles. The largest absolute Gasteiger partial charge is 0.399 e. The fraction of sp³-hybridized carbons (Fsp3) is 0. The topological polar surface area (TPSA) is 117 Å². The number of nitrogens with two attached hydrogens (primary N) is 1. The molecule has 0 aliphatic rings. The van der Waals surface area contributed by atoms with Crippen LogP contribution in [-0.2, 0) is 10.0 Å². The van der Waals surface area contributed by atoms with Gasteiger partial charge in [0, 0.05) is 35.2 Å².